The van der Waals surface area contributed by atoms with Gasteiger partial charge in [0.05, 0.1) is 0 Å². The lowest BCUT2D eigenvalue weighted by Gasteiger charge is -2.28. The van der Waals surface area contributed by atoms with Gasteiger partial charge in [-0.05, 0) is 56.9 Å². The number of halogens is 4. The Morgan fingerprint density at radius 2 is 2.00 bits per heavy atom. The Balaban J connectivity index is 1.70. The van der Waals surface area contributed by atoms with E-state index in [-0.39, 0.29) is 30.0 Å². The SMILES string of the molecule is Cc1cc(F)ccc1S[C@@H]1C[C@@H](C)N(C(=O)C2(C(F)(F)F)CC2)C1. The van der Waals surface area contributed by atoms with Crippen LogP contribution in [-0.4, -0.2) is 34.8 Å². The van der Waals surface area contributed by atoms with Crippen LogP contribution in [0.2, 0.25) is 0 Å². The van der Waals surface area contributed by atoms with Gasteiger partial charge in [0.25, 0.3) is 0 Å². The summed E-state index contributed by atoms with van der Waals surface area (Å²) in [7, 11) is 0. The molecule has 2 fully saturated rings. The van der Waals surface area contributed by atoms with Crippen LogP contribution in [0.15, 0.2) is 23.1 Å². The molecule has 1 amide bonds. The summed E-state index contributed by atoms with van der Waals surface area (Å²) in [4.78, 5) is 14.7. The largest absolute Gasteiger partial charge is 0.403 e. The van der Waals surface area contributed by atoms with E-state index in [1.54, 1.807) is 19.9 Å². The molecule has 24 heavy (non-hydrogen) atoms. The van der Waals surface area contributed by atoms with Crippen molar-refractivity contribution in [2.24, 2.45) is 5.41 Å². The molecule has 7 heteroatoms. The van der Waals surface area contributed by atoms with Crippen molar-refractivity contribution in [1.82, 2.24) is 4.90 Å². The molecule has 3 rings (SSSR count). The van der Waals surface area contributed by atoms with E-state index < -0.39 is 17.5 Å². The molecular weight excluding hydrogens is 342 g/mol. The molecule has 1 aliphatic carbocycles. The Morgan fingerprint density at radius 1 is 1.33 bits per heavy atom. The first kappa shape index (κ1) is 17.6. The molecule has 1 aromatic rings. The molecule has 2 nitrogen and oxygen atoms in total. The van der Waals surface area contributed by atoms with Crippen LogP contribution in [0.1, 0.15) is 31.7 Å². The highest BCUT2D eigenvalue weighted by Crippen LogP contribution is 2.59. The first-order valence-corrected chi connectivity index (χ1v) is 8.82. The number of amides is 1. The lowest BCUT2D eigenvalue weighted by Crippen LogP contribution is -2.45. The van der Waals surface area contributed by atoms with Crippen LogP contribution < -0.4 is 0 Å². The summed E-state index contributed by atoms with van der Waals surface area (Å²) < 4.78 is 52.7. The van der Waals surface area contributed by atoms with Gasteiger partial charge >= 0.3 is 6.18 Å². The highest BCUT2D eigenvalue weighted by molar-refractivity contribution is 8.00. The van der Waals surface area contributed by atoms with Gasteiger partial charge in [-0.15, -0.1) is 11.8 Å². The number of hydrogen-bond acceptors (Lipinski definition) is 2. The predicted octanol–water partition coefficient (Wildman–Crippen LogP) is 4.56. The van der Waals surface area contributed by atoms with Crippen molar-refractivity contribution in [3.8, 4) is 0 Å². The molecule has 1 saturated heterocycles. The summed E-state index contributed by atoms with van der Waals surface area (Å²) in [6, 6.07) is 4.28. The van der Waals surface area contributed by atoms with Gasteiger partial charge in [-0.2, -0.15) is 13.2 Å². The molecular formula is C17H19F4NOS. The second-order valence-electron chi connectivity index (χ2n) is 6.77. The minimum absolute atomic E-state index is 0.0251. The minimum atomic E-state index is -4.47. The van der Waals surface area contributed by atoms with Crippen molar-refractivity contribution in [3.63, 3.8) is 0 Å². The molecule has 1 aliphatic heterocycles. The van der Waals surface area contributed by atoms with E-state index in [0.29, 0.717) is 13.0 Å². The van der Waals surface area contributed by atoms with Crippen molar-refractivity contribution in [1.29, 1.82) is 0 Å². The average molecular weight is 361 g/mol. The van der Waals surface area contributed by atoms with Gasteiger partial charge < -0.3 is 4.90 Å². The molecule has 0 radical (unpaired) electrons. The van der Waals surface area contributed by atoms with Gasteiger partial charge in [-0.3, -0.25) is 4.79 Å². The normalized spacial score (nSPS) is 25.8. The molecule has 0 spiro atoms. The van der Waals surface area contributed by atoms with E-state index in [2.05, 4.69) is 0 Å². The molecule has 1 aromatic carbocycles. The number of alkyl halides is 3. The average Bonchev–Trinajstić information content (AvgIpc) is 3.21. The molecule has 0 aromatic heterocycles. The van der Waals surface area contributed by atoms with Gasteiger partial charge in [0.15, 0.2) is 0 Å². The fourth-order valence-corrected chi connectivity index (χ4v) is 4.65. The number of nitrogens with zero attached hydrogens (tertiary/aromatic N) is 1. The molecule has 0 unspecified atom stereocenters. The number of thioether (sulfide) groups is 1. The maximum Gasteiger partial charge on any atom is 0.403 e. The van der Waals surface area contributed by atoms with E-state index in [1.807, 2.05) is 0 Å². The van der Waals surface area contributed by atoms with Gasteiger partial charge in [0, 0.05) is 22.7 Å². The van der Waals surface area contributed by atoms with Gasteiger partial charge in [0.2, 0.25) is 5.91 Å². The number of benzene rings is 1. The van der Waals surface area contributed by atoms with Gasteiger partial charge in [-0.1, -0.05) is 0 Å². The Hall–Kier alpha value is -1.24. The van der Waals surface area contributed by atoms with Crippen molar-refractivity contribution in [2.75, 3.05) is 6.54 Å². The summed E-state index contributed by atoms with van der Waals surface area (Å²) in [6.07, 6.45) is -4.04. The Morgan fingerprint density at radius 3 is 2.54 bits per heavy atom. The van der Waals surface area contributed by atoms with E-state index in [4.69, 9.17) is 0 Å². The van der Waals surface area contributed by atoms with Crippen molar-refractivity contribution in [3.05, 3.63) is 29.6 Å². The smallest absolute Gasteiger partial charge is 0.338 e. The second-order valence-corrected chi connectivity index (χ2v) is 8.11. The van der Waals surface area contributed by atoms with Crippen molar-refractivity contribution in [2.45, 2.75) is 55.5 Å². The molecule has 132 valence electrons. The zero-order valence-electron chi connectivity index (χ0n) is 13.5. The van der Waals surface area contributed by atoms with Crippen LogP contribution in [0.4, 0.5) is 17.6 Å². The quantitative estimate of drug-likeness (QED) is 0.736. The molecule has 2 aliphatic rings. The maximum absolute atomic E-state index is 13.2. The predicted molar refractivity (Wildman–Crippen MR) is 84.3 cm³/mol. The van der Waals surface area contributed by atoms with E-state index >= 15 is 0 Å². The third-order valence-electron chi connectivity index (χ3n) is 4.93. The summed E-state index contributed by atoms with van der Waals surface area (Å²) in [5.74, 6) is -1.09. The number of carbonyl (C=O) groups excluding carboxylic acids is 1. The monoisotopic (exact) mass is 361 g/mol. The first-order valence-electron chi connectivity index (χ1n) is 7.95. The zero-order chi connectivity index (χ0) is 17.7. The maximum atomic E-state index is 13.2. The lowest BCUT2D eigenvalue weighted by atomic mass is 10.0. The Bertz CT molecular complexity index is 656. The number of hydrogen-bond donors (Lipinski definition) is 0. The summed E-state index contributed by atoms with van der Waals surface area (Å²) >= 11 is 1.51. The van der Waals surface area contributed by atoms with Crippen LogP contribution in [0.5, 0.6) is 0 Å². The standard InChI is InChI=1S/C17H19F4NOS/c1-10-7-12(18)3-4-14(10)24-13-8-11(2)22(9-13)15(23)16(5-6-16)17(19,20)21/h3-4,7,11,13H,5-6,8-9H2,1-2H3/t11-,13-/m1/s1. The molecule has 2 atom stereocenters. The fourth-order valence-electron chi connectivity index (χ4n) is 3.29. The Kier molecular flexibility index (Phi) is 4.35. The van der Waals surface area contributed by atoms with E-state index in [0.717, 1.165) is 10.5 Å². The van der Waals surface area contributed by atoms with Crippen LogP contribution in [0, 0.1) is 18.2 Å². The van der Waals surface area contributed by atoms with Crippen LogP contribution in [0.3, 0.4) is 0 Å². The molecule has 1 heterocycles. The van der Waals surface area contributed by atoms with Gasteiger partial charge in [-0.25, -0.2) is 4.39 Å². The molecule has 0 N–H and O–H groups in total. The summed E-state index contributed by atoms with van der Waals surface area (Å²) in [5.41, 5.74) is -1.35. The van der Waals surface area contributed by atoms with Crippen molar-refractivity contribution < 1.29 is 22.4 Å². The van der Waals surface area contributed by atoms with Crippen LogP contribution in [0.25, 0.3) is 0 Å². The van der Waals surface area contributed by atoms with E-state index in [9.17, 15) is 22.4 Å². The number of likely N-dealkylation sites (tertiary alicyclic amines) is 1. The number of rotatable bonds is 3. The zero-order valence-corrected chi connectivity index (χ0v) is 14.3. The van der Waals surface area contributed by atoms with Crippen LogP contribution >= 0.6 is 11.8 Å². The molecule has 0 bridgehead atoms. The van der Waals surface area contributed by atoms with Crippen molar-refractivity contribution >= 4 is 17.7 Å². The second kappa shape index (κ2) is 5.93. The van der Waals surface area contributed by atoms with E-state index in [1.165, 1.54) is 28.8 Å². The highest BCUT2D eigenvalue weighted by atomic mass is 32.2. The molecule has 1 saturated carbocycles. The third-order valence-corrected chi connectivity index (χ3v) is 6.32. The topological polar surface area (TPSA) is 20.3 Å². The fraction of sp³-hybridized carbons (Fsp3) is 0.588. The number of carbonyl (C=O) groups is 1. The summed E-state index contributed by atoms with van der Waals surface area (Å²) in [5, 5.41) is 0.0251. The minimum Gasteiger partial charge on any atom is -0.338 e. The first-order chi connectivity index (χ1) is 11.1. The van der Waals surface area contributed by atoms with Crippen LogP contribution in [-0.2, 0) is 4.79 Å². The highest BCUT2D eigenvalue weighted by Gasteiger charge is 2.69. The number of aryl methyl sites for hydroxylation is 1. The lowest BCUT2D eigenvalue weighted by molar-refractivity contribution is -0.198. The van der Waals surface area contributed by atoms with Gasteiger partial charge in [0.1, 0.15) is 11.2 Å². The summed E-state index contributed by atoms with van der Waals surface area (Å²) in [6.45, 7) is 3.90. The Labute approximate surface area is 142 Å². The third kappa shape index (κ3) is 3.03.